The van der Waals surface area contributed by atoms with E-state index in [1.54, 1.807) is 16.7 Å². The molecule has 0 unspecified atom stereocenters. The van der Waals surface area contributed by atoms with E-state index >= 15 is 0 Å². The third-order valence-corrected chi connectivity index (χ3v) is 6.78. The van der Waals surface area contributed by atoms with Crippen LogP contribution in [0.1, 0.15) is 32.1 Å². The maximum atomic E-state index is 12.6. The topological polar surface area (TPSA) is 50.5 Å². The Morgan fingerprint density at radius 3 is 2.84 bits per heavy atom. The fourth-order valence-corrected chi connectivity index (χ4v) is 5.37. The Hall–Kier alpha value is -0.980. The normalized spacial score (nSPS) is 23.7. The number of fused-ring (bicyclic) bond motifs is 2. The summed E-state index contributed by atoms with van der Waals surface area (Å²) in [5.41, 5.74) is 0.559. The first-order valence-electron chi connectivity index (χ1n) is 8.72. The van der Waals surface area contributed by atoms with Crippen molar-refractivity contribution in [1.82, 2.24) is 19.5 Å². The summed E-state index contributed by atoms with van der Waals surface area (Å²) in [7, 11) is 0. The van der Waals surface area contributed by atoms with E-state index in [9.17, 15) is 4.79 Å². The average Bonchev–Trinajstić information content (AvgIpc) is 3.02. The lowest BCUT2D eigenvalue weighted by Crippen LogP contribution is -2.45. The molecule has 1 saturated heterocycles. The second-order valence-corrected chi connectivity index (χ2v) is 8.69. The van der Waals surface area contributed by atoms with E-state index in [4.69, 9.17) is 23.2 Å². The molecule has 1 saturated carbocycles. The van der Waals surface area contributed by atoms with Gasteiger partial charge in [-0.1, -0.05) is 54.2 Å². The number of halogens is 2. The van der Waals surface area contributed by atoms with Crippen LogP contribution in [-0.2, 0) is 4.79 Å². The Kier molecular flexibility index (Phi) is 5.11. The van der Waals surface area contributed by atoms with Gasteiger partial charge in [-0.3, -0.25) is 9.20 Å². The predicted molar refractivity (Wildman–Crippen MR) is 100 cm³/mol. The fourth-order valence-electron chi connectivity index (χ4n) is 4.05. The Labute approximate surface area is 161 Å². The van der Waals surface area contributed by atoms with E-state index in [1.165, 1.54) is 37.4 Å². The second-order valence-electron chi connectivity index (χ2n) is 6.90. The van der Waals surface area contributed by atoms with Crippen LogP contribution in [0.4, 0.5) is 0 Å². The van der Waals surface area contributed by atoms with Crippen LogP contribution in [0.3, 0.4) is 0 Å². The predicted octanol–water partition coefficient (Wildman–Crippen LogP) is 4.17. The van der Waals surface area contributed by atoms with Crippen molar-refractivity contribution in [3.63, 3.8) is 0 Å². The van der Waals surface area contributed by atoms with Gasteiger partial charge >= 0.3 is 0 Å². The highest BCUT2D eigenvalue weighted by Gasteiger charge is 2.32. The third-order valence-electron chi connectivity index (χ3n) is 5.36. The highest BCUT2D eigenvalue weighted by molar-refractivity contribution is 7.99. The maximum absolute atomic E-state index is 12.6. The minimum atomic E-state index is 0.180. The summed E-state index contributed by atoms with van der Waals surface area (Å²) in [6.07, 6.45) is 8.16. The molecule has 0 aromatic carbocycles. The standard InChI is InChI=1S/C17H20Cl2N4OS/c18-13-7-14(19)16-20-21-17(23(16)9-13)25-10-15(24)22-6-5-11-3-1-2-4-12(11)8-22/h7,9,11-12H,1-6,8,10H2/t11-,12+/m0/s1. The zero-order chi connectivity index (χ0) is 17.4. The highest BCUT2D eigenvalue weighted by Crippen LogP contribution is 2.36. The molecule has 0 spiro atoms. The monoisotopic (exact) mass is 398 g/mol. The Balaban J connectivity index is 1.41. The smallest absolute Gasteiger partial charge is 0.233 e. The minimum Gasteiger partial charge on any atom is -0.342 e. The summed E-state index contributed by atoms with van der Waals surface area (Å²) in [4.78, 5) is 14.7. The lowest BCUT2D eigenvalue weighted by Gasteiger charge is -2.41. The molecule has 1 aliphatic carbocycles. The number of hydrogen-bond donors (Lipinski definition) is 0. The van der Waals surface area contributed by atoms with Crippen molar-refractivity contribution < 1.29 is 4.79 Å². The third kappa shape index (κ3) is 3.62. The van der Waals surface area contributed by atoms with Crippen molar-refractivity contribution in [2.24, 2.45) is 11.8 Å². The first-order chi connectivity index (χ1) is 12.1. The van der Waals surface area contributed by atoms with Crippen molar-refractivity contribution in [2.75, 3.05) is 18.8 Å². The van der Waals surface area contributed by atoms with Crippen molar-refractivity contribution in [1.29, 1.82) is 0 Å². The van der Waals surface area contributed by atoms with Gasteiger partial charge in [0.05, 0.1) is 15.8 Å². The maximum Gasteiger partial charge on any atom is 0.233 e. The summed E-state index contributed by atoms with van der Waals surface area (Å²) < 4.78 is 1.75. The molecule has 1 aliphatic heterocycles. The Bertz CT molecular complexity index is 796. The minimum absolute atomic E-state index is 0.180. The van der Waals surface area contributed by atoms with Crippen LogP contribution < -0.4 is 0 Å². The number of hydrogen-bond acceptors (Lipinski definition) is 4. The van der Waals surface area contributed by atoms with Crippen LogP contribution in [0.5, 0.6) is 0 Å². The van der Waals surface area contributed by atoms with E-state index < -0.39 is 0 Å². The van der Waals surface area contributed by atoms with Gasteiger partial charge in [0, 0.05) is 19.3 Å². The number of rotatable bonds is 3. The molecule has 2 aromatic rings. The molecular formula is C17H20Cl2N4OS. The summed E-state index contributed by atoms with van der Waals surface area (Å²) in [6, 6.07) is 1.64. The molecule has 134 valence electrons. The molecule has 2 aromatic heterocycles. The number of pyridine rings is 1. The summed E-state index contributed by atoms with van der Waals surface area (Å²) >= 11 is 13.6. The van der Waals surface area contributed by atoms with Crippen molar-refractivity contribution in [3.8, 4) is 0 Å². The molecule has 2 atom stereocenters. The quantitative estimate of drug-likeness (QED) is 0.727. The number of carbonyl (C=O) groups excluding carboxylic acids is 1. The molecule has 0 radical (unpaired) electrons. The molecule has 8 heteroatoms. The molecule has 0 N–H and O–H groups in total. The Morgan fingerprint density at radius 2 is 2.00 bits per heavy atom. The average molecular weight is 399 g/mol. The van der Waals surface area contributed by atoms with Gasteiger partial charge in [-0.25, -0.2) is 0 Å². The zero-order valence-corrected chi connectivity index (χ0v) is 16.2. The number of likely N-dealkylation sites (tertiary alicyclic amines) is 1. The zero-order valence-electron chi connectivity index (χ0n) is 13.8. The van der Waals surface area contributed by atoms with Gasteiger partial charge in [0.1, 0.15) is 0 Å². The van der Waals surface area contributed by atoms with Gasteiger partial charge in [0.15, 0.2) is 10.8 Å². The molecule has 25 heavy (non-hydrogen) atoms. The van der Waals surface area contributed by atoms with Crippen LogP contribution >= 0.6 is 35.0 Å². The lowest BCUT2D eigenvalue weighted by atomic mass is 9.75. The first-order valence-corrected chi connectivity index (χ1v) is 10.5. The first kappa shape index (κ1) is 17.4. The summed E-state index contributed by atoms with van der Waals surface area (Å²) in [5.74, 6) is 2.07. The molecule has 5 nitrogen and oxygen atoms in total. The SMILES string of the molecule is O=C(CSc1nnc2c(Cl)cc(Cl)cn12)N1CC[C@@H]2CCCC[C@@H]2C1. The highest BCUT2D eigenvalue weighted by atomic mass is 35.5. The van der Waals surface area contributed by atoms with Crippen LogP contribution in [0.2, 0.25) is 10.0 Å². The second kappa shape index (κ2) is 7.33. The largest absolute Gasteiger partial charge is 0.342 e. The van der Waals surface area contributed by atoms with Crippen molar-refractivity contribution in [3.05, 3.63) is 22.3 Å². The van der Waals surface area contributed by atoms with E-state index in [0.29, 0.717) is 32.5 Å². The van der Waals surface area contributed by atoms with Crippen molar-refractivity contribution >= 4 is 46.5 Å². The van der Waals surface area contributed by atoms with Gasteiger partial charge in [0.2, 0.25) is 5.91 Å². The van der Waals surface area contributed by atoms with Crippen LogP contribution in [0.25, 0.3) is 5.65 Å². The van der Waals surface area contributed by atoms with Crippen LogP contribution in [0.15, 0.2) is 17.4 Å². The van der Waals surface area contributed by atoms with E-state index in [2.05, 4.69) is 10.2 Å². The Morgan fingerprint density at radius 1 is 1.20 bits per heavy atom. The van der Waals surface area contributed by atoms with Gasteiger partial charge in [-0.15, -0.1) is 10.2 Å². The van der Waals surface area contributed by atoms with Gasteiger partial charge in [-0.05, 0) is 30.7 Å². The van der Waals surface area contributed by atoms with E-state index in [1.807, 2.05) is 4.90 Å². The van der Waals surface area contributed by atoms with E-state index in [0.717, 1.165) is 25.4 Å². The molecular weight excluding hydrogens is 379 g/mol. The lowest BCUT2D eigenvalue weighted by molar-refractivity contribution is -0.131. The molecule has 3 heterocycles. The fraction of sp³-hybridized carbons (Fsp3) is 0.588. The molecule has 2 fully saturated rings. The number of amides is 1. The number of thioether (sulfide) groups is 1. The summed E-state index contributed by atoms with van der Waals surface area (Å²) in [5, 5.41) is 9.84. The van der Waals surface area contributed by atoms with Gasteiger partial charge in [-0.2, -0.15) is 0 Å². The number of piperidine rings is 1. The van der Waals surface area contributed by atoms with E-state index in [-0.39, 0.29) is 5.91 Å². The van der Waals surface area contributed by atoms with Crippen LogP contribution in [0, 0.1) is 11.8 Å². The number of carbonyl (C=O) groups is 1. The number of nitrogens with zero attached hydrogens (tertiary/aromatic N) is 4. The van der Waals surface area contributed by atoms with Gasteiger partial charge in [0.25, 0.3) is 0 Å². The molecule has 1 amide bonds. The van der Waals surface area contributed by atoms with Gasteiger partial charge < -0.3 is 4.90 Å². The molecule has 2 aliphatic rings. The summed E-state index contributed by atoms with van der Waals surface area (Å²) in [6.45, 7) is 1.81. The van der Waals surface area contributed by atoms with Crippen molar-refractivity contribution in [2.45, 2.75) is 37.3 Å². The van der Waals surface area contributed by atoms with Crippen LogP contribution in [-0.4, -0.2) is 44.2 Å². The molecule has 0 bridgehead atoms. The number of aromatic nitrogens is 3. The molecule has 4 rings (SSSR count).